The van der Waals surface area contributed by atoms with Crippen LogP contribution in [-0.2, 0) is 14.4 Å². The smallest absolute Gasteiger partial charge is 0.221 e. The fourth-order valence-electron chi connectivity index (χ4n) is 2.54. The monoisotopic (exact) mass is 414 g/mol. The van der Waals surface area contributed by atoms with Gasteiger partial charge in [-0.1, -0.05) is 6.92 Å². The highest BCUT2D eigenvalue weighted by Gasteiger charge is 2.11. The van der Waals surface area contributed by atoms with Crippen molar-refractivity contribution in [3.63, 3.8) is 0 Å². The summed E-state index contributed by atoms with van der Waals surface area (Å²) in [4.78, 5) is 41.8. The van der Waals surface area contributed by atoms with Crippen molar-refractivity contribution in [2.75, 3.05) is 80.5 Å². The lowest BCUT2D eigenvalue weighted by atomic mass is 10.3. The van der Waals surface area contributed by atoms with Gasteiger partial charge in [0, 0.05) is 71.6 Å². The summed E-state index contributed by atoms with van der Waals surface area (Å²) in [5.74, 6) is 0.0416. The lowest BCUT2D eigenvalue weighted by Crippen LogP contribution is -2.40. The molecular weight excluding hydrogens is 372 g/mol. The Balaban J connectivity index is 4.34. The van der Waals surface area contributed by atoms with Crippen LogP contribution in [0.3, 0.4) is 0 Å². The Hall–Kier alpha value is -1.71. The molecule has 0 saturated carbocycles. The Morgan fingerprint density at radius 3 is 1.34 bits per heavy atom. The van der Waals surface area contributed by atoms with Crippen LogP contribution in [0, 0.1) is 0 Å². The van der Waals surface area contributed by atoms with Gasteiger partial charge in [-0.3, -0.25) is 14.4 Å². The van der Waals surface area contributed by atoms with Gasteiger partial charge in [0.15, 0.2) is 0 Å². The second-order valence-corrected chi connectivity index (χ2v) is 7.75. The Morgan fingerprint density at radius 1 is 0.586 bits per heavy atom. The molecule has 0 aliphatic heterocycles. The number of amides is 3. The van der Waals surface area contributed by atoms with Crippen LogP contribution in [0.1, 0.15) is 32.6 Å². The molecule has 3 N–H and O–H groups in total. The van der Waals surface area contributed by atoms with Crippen molar-refractivity contribution in [2.24, 2.45) is 0 Å². The summed E-state index contributed by atoms with van der Waals surface area (Å²) >= 11 is 0. The van der Waals surface area contributed by atoms with Gasteiger partial charge in [0.05, 0.1) is 0 Å². The van der Waals surface area contributed by atoms with E-state index >= 15 is 0 Å². The van der Waals surface area contributed by atoms with Crippen molar-refractivity contribution in [3.05, 3.63) is 0 Å². The molecule has 0 fully saturated rings. The summed E-state index contributed by atoms with van der Waals surface area (Å²) in [6.07, 6.45) is 2.08. The van der Waals surface area contributed by atoms with Gasteiger partial charge in [0.1, 0.15) is 0 Å². The van der Waals surface area contributed by atoms with Gasteiger partial charge in [0.25, 0.3) is 0 Å². The zero-order valence-corrected chi connectivity index (χ0v) is 19.1. The highest BCUT2D eigenvalue weighted by molar-refractivity contribution is 5.77. The Kier molecular flexibility index (Phi) is 16.2. The molecule has 170 valence electrons. The van der Waals surface area contributed by atoms with Crippen LogP contribution in [0.25, 0.3) is 0 Å². The highest BCUT2D eigenvalue weighted by atomic mass is 16.2. The molecule has 9 heteroatoms. The molecule has 0 spiro atoms. The zero-order chi connectivity index (χ0) is 22.1. The first-order valence-corrected chi connectivity index (χ1v) is 10.6. The summed E-state index contributed by atoms with van der Waals surface area (Å²) in [5, 5.41) is 8.70. The molecule has 0 atom stereocenters. The van der Waals surface area contributed by atoms with Crippen molar-refractivity contribution < 1.29 is 14.4 Å². The van der Waals surface area contributed by atoms with Crippen molar-refractivity contribution >= 4 is 17.7 Å². The van der Waals surface area contributed by atoms with E-state index in [2.05, 4.69) is 20.9 Å². The molecule has 0 unspecified atom stereocenters. The minimum Gasteiger partial charge on any atom is -0.355 e. The van der Waals surface area contributed by atoms with Crippen LogP contribution in [0.2, 0.25) is 0 Å². The number of hydrogen-bond acceptors (Lipinski definition) is 6. The molecule has 0 aromatic rings. The molecule has 0 radical (unpaired) electrons. The standard InChI is InChI=1S/C20H42N6O3/c1-6-7-18(27)23-12-17-26(13-8-19(28)21-10-15-24(2)3)14-9-20(29)22-11-16-25(4)5/h6-17H2,1-5H3,(H,21,28)(H,22,29)(H,23,27). The molecular formula is C20H42N6O3. The second-order valence-electron chi connectivity index (χ2n) is 7.75. The van der Waals surface area contributed by atoms with Crippen molar-refractivity contribution in [2.45, 2.75) is 32.6 Å². The maximum Gasteiger partial charge on any atom is 0.221 e. The first kappa shape index (κ1) is 27.3. The number of hydrogen-bond donors (Lipinski definition) is 3. The molecule has 0 aliphatic carbocycles. The van der Waals surface area contributed by atoms with Gasteiger partial charge in [0.2, 0.25) is 17.7 Å². The molecule has 0 rings (SSSR count). The fraction of sp³-hybridized carbons (Fsp3) is 0.850. The Morgan fingerprint density at radius 2 is 0.966 bits per heavy atom. The minimum atomic E-state index is 0.00213. The lowest BCUT2D eigenvalue weighted by Gasteiger charge is -2.22. The number of rotatable bonds is 17. The third-order valence-corrected chi connectivity index (χ3v) is 4.30. The number of carbonyl (C=O) groups is 3. The summed E-state index contributed by atoms with van der Waals surface area (Å²) < 4.78 is 0. The molecule has 0 aromatic carbocycles. The van der Waals surface area contributed by atoms with E-state index in [9.17, 15) is 14.4 Å². The summed E-state index contributed by atoms with van der Waals surface area (Å²) in [6.45, 7) is 7.05. The van der Waals surface area contributed by atoms with E-state index in [-0.39, 0.29) is 17.7 Å². The van der Waals surface area contributed by atoms with Crippen LogP contribution < -0.4 is 16.0 Å². The van der Waals surface area contributed by atoms with E-state index in [0.29, 0.717) is 58.5 Å². The van der Waals surface area contributed by atoms with Gasteiger partial charge in [-0.25, -0.2) is 0 Å². The van der Waals surface area contributed by atoms with E-state index in [0.717, 1.165) is 19.5 Å². The van der Waals surface area contributed by atoms with E-state index in [1.165, 1.54) is 0 Å². The quantitative estimate of drug-likeness (QED) is 0.292. The van der Waals surface area contributed by atoms with Crippen molar-refractivity contribution in [3.8, 4) is 0 Å². The summed E-state index contributed by atoms with van der Waals surface area (Å²) in [5.41, 5.74) is 0. The average Bonchev–Trinajstić information content (AvgIpc) is 2.63. The average molecular weight is 415 g/mol. The first-order chi connectivity index (χ1) is 13.7. The number of carbonyl (C=O) groups excluding carboxylic acids is 3. The van der Waals surface area contributed by atoms with Gasteiger partial charge >= 0.3 is 0 Å². The highest BCUT2D eigenvalue weighted by Crippen LogP contribution is 1.96. The van der Waals surface area contributed by atoms with Crippen LogP contribution in [0.5, 0.6) is 0 Å². The predicted octanol–water partition coefficient (Wildman–Crippen LogP) is -0.659. The van der Waals surface area contributed by atoms with Crippen molar-refractivity contribution in [1.82, 2.24) is 30.7 Å². The van der Waals surface area contributed by atoms with Crippen LogP contribution in [0.15, 0.2) is 0 Å². The third-order valence-electron chi connectivity index (χ3n) is 4.30. The van der Waals surface area contributed by atoms with E-state index in [1.807, 2.05) is 44.9 Å². The third kappa shape index (κ3) is 18.1. The molecule has 0 bridgehead atoms. The maximum atomic E-state index is 12.0. The molecule has 0 aliphatic rings. The SMILES string of the molecule is CCCC(=O)NCCN(CCC(=O)NCCN(C)C)CCC(=O)NCCN(C)C. The fourth-order valence-corrected chi connectivity index (χ4v) is 2.54. The van der Waals surface area contributed by atoms with E-state index in [1.54, 1.807) is 0 Å². The lowest BCUT2D eigenvalue weighted by molar-refractivity contribution is -0.123. The van der Waals surface area contributed by atoms with Gasteiger partial charge < -0.3 is 30.7 Å². The second kappa shape index (κ2) is 17.2. The number of nitrogens with zero attached hydrogens (tertiary/aromatic N) is 3. The Bertz CT molecular complexity index is 441. The van der Waals surface area contributed by atoms with Crippen LogP contribution in [0.4, 0.5) is 0 Å². The molecule has 3 amide bonds. The largest absolute Gasteiger partial charge is 0.355 e. The van der Waals surface area contributed by atoms with Gasteiger partial charge in [-0.2, -0.15) is 0 Å². The predicted molar refractivity (Wildman–Crippen MR) is 117 cm³/mol. The van der Waals surface area contributed by atoms with Crippen LogP contribution in [-0.4, -0.2) is 113 Å². The summed E-state index contributed by atoms with van der Waals surface area (Å²) in [7, 11) is 7.85. The van der Waals surface area contributed by atoms with Crippen LogP contribution >= 0.6 is 0 Å². The topological polar surface area (TPSA) is 97.0 Å². The molecule has 0 saturated heterocycles. The zero-order valence-electron chi connectivity index (χ0n) is 19.1. The number of nitrogens with one attached hydrogen (secondary N) is 3. The molecule has 29 heavy (non-hydrogen) atoms. The molecule has 0 aromatic heterocycles. The Labute approximate surface area is 176 Å². The van der Waals surface area contributed by atoms with E-state index < -0.39 is 0 Å². The minimum absolute atomic E-state index is 0.00213. The normalized spacial score (nSPS) is 11.2. The molecule has 9 nitrogen and oxygen atoms in total. The number of likely N-dealkylation sites (N-methyl/N-ethyl adjacent to an activating group) is 2. The maximum absolute atomic E-state index is 12.0. The van der Waals surface area contributed by atoms with E-state index in [4.69, 9.17) is 0 Å². The van der Waals surface area contributed by atoms with Gasteiger partial charge in [-0.15, -0.1) is 0 Å². The summed E-state index contributed by atoms with van der Waals surface area (Å²) in [6, 6.07) is 0. The first-order valence-electron chi connectivity index (χ1n) is 10.6. The molecule has 0 heterocycles. The van der Waals surface area contributed by atoms with Crippen molar-refractivity contribution in [1.29, 1.82) is 0 Å². The van der Waals surface area contributed by atoms with Gasteiger partial charge in [-0.05, 0) is 34.6 Å².